The van der Waals surface area contributed by atoms with E-state index in [1.807, 2.05) is 18.2 Å². The molecule has 2 N–H and O–H groups in total. The van der Waals surface area contributed by atoms with Gasteiger partial charge in [0.2, 0.25) is 5.91 Å². The number of benzene rings is 2. The molecule has 3 aliphatic rings. The van der Waals surface area contributed by atoms with E-state index in [1.165, 1.54) is 22.4 Å². The van der Waals surface area contributed by atoms with Crippen LogP contribution in [0.5, 0.6) is 5.75 Å². The van der Waals surface area contributed by atoms with Crippen LogP contribution in [0.4, 0.5) is 28.9 Å². The van der Waals surface area contributed by atoms with Crippen LogP contribution in [-0.2, 0) is 15.8 Å². The molecular weight excluding hydrogens is 610 g/mol. The molecular formula is C37H41F4N3O3. The van der Waals surface area contributed by atoms with Crippen molar-refractivity contribution in [1.29, 1.82) is 0 Å². The molecule has 2 aromatic rings. The number of Topliss-reactive ketones (excluding diaryl/α,β-unsaturated/α-hetero) is 1. The lowest BCUT2D eigenvalue weighted by Crippen LogP contribution is -2.42. The number of anilines is 2. The first-order valence-corrected chi connectivity index (χ1v) is 16.1. The van der Waals surface area contributed by atoms with Gasteiger partial charge in [-0.2, -0.15) is 13.2 Å². The number of alkyl halides is 4. The van der Waals surface area contributed by atoms with Crippen LogP contribution in [0.1, 0.15) is 55.2 Å². The molecule has 1 atom stereocenters. The predicted molar refractivity (Wildman–Crippen MR) is 176 cm³/mol. The lowest BCUT2D eigenvalue weighted by atomic mass is 9.87. The van der Waals surface area contributed by atoms with Crippen LogP contribution in [0, 0.1) is 18.3 Å². The van der Waals surface area contributed by atoms with Crippen LogP contribution in [0.25, 0.3) is 5.57 Å². The minimum absolute atomic E-state index is 0.000896. The zero-order chi connectivity index (χ0) is 33.6. The molecule has 1 unspecified atom stereocenters. The van der Waals surface area contributed by atoms with Crippen molar-refractivity contribution < 1.29 is 32.3 Å². The number of carbonyl (C=O) groups excluding carboxylic acids is 2. The smallest absolute Gasteiger partial charge is 0.420 e. The Balaban J connectivity index is 1.11. The quantitative estimate of drug-likeness (QED) is 0.166. The first-order valence-electron chi connectivity index (χ1n) is 16.1. The van der Waals surface area contributed by atoms with E-state index in [1.54, 1.807) is 4.90 Å². The molecule has 2 heterocycles. The standard InChI is InChI=1S/C37H41F4N3O3/c1-26-20-29(28-8-6-4-2-3-5-7-9-28)10-12-33(26)44-17-14-27(15-18-44)21-31(45)23-43-19-16-36(24-38,25-43)35(47)42-30-11-13-34(46)32(22-30)37(39,40)41/h2-6,10-13,20,22,27,46H,7,9,14-19,21,23-25H2,1H3,(H,42,47). The number of hydrogen-bond donors (Lipinski definition) is 2. The largest absolute Gasteiger partial charge is 0.507 e. The van der Waals surface area contributed by atoms with Crippen molar-refractivity contribution in [2.24, 2.45) is 11.3 Å². The number of likely N-dealkylation sites (tertiary alicyclic amines) is 1. The molecule has 10 heteroatoms. The second kappa shape index (κ2) is 14.7. The number of rotatable bonds is 9. The van der Waals surface area contributed by atoms with Gasteiger partial charge in [0.05, 0.1) is 17.5 Å². The molecule has 0 aromatic heterocycles. The Kier molecular flexibility index (Phi) is 10.7. The summed E-state index contributed by atoms with van der Waals surface area (Å²) >= 11 is 0. The Hall–Kier alpha value is -4.14. The van der Waals surface area contributed by atoms with Crippen molar-refractivity contribution >= 4 is 28.6 Å². The molecule has 250 valence electrons. The molecule has 1 aliphatic carbocycles. The number of ketones is 1. The number of aromatic hydroxyl groups is 1. The monoisotopic (exact) mass is 651 g/mol. The Morgan fingerprint density at radius 1 is 1.06 bits per heavy atom. The van der Waals surface area contributed by atoms with Gasteiger partial charge in [-0.1, -0.05) is 30.4 Å². The number of aryl methyl sites for hydroxylation is 1. The second-order valence-corrected chi connectivity index (χ2v) is 12.9. The lowest BCUT2D eigenvalue weighted by Gasteiger charge is -2.34. The number of phenolic OH excluding ortho intramolecular Hbond substituents is 1. The van der Waals surface area contributed by atoms with Crippen LogP contribution in [0.3, 0.4) is 0 Å². The van der Waals surface area contributed by atoms with Gasteiger partial charge in [0.15, 0.2) is 0 Å². The van der Waals surface area contributed by atoms with Gasteiger partial charge in [-0.25, -0.2) is 4.39 Å². The summed E-state index contributed by atoms with van der Waals surface area (Å²) in [4.78, 5) is 30.2. The Bertz CT molecular complexity index is 1600. The zero-order valence-corrected chi connectivity index (χ0v) is 26.6. The third-order valence-corrected chi connectivity index (χ3v) is 9.42. The molecule has 0 bridgehead atoms. The van der Waals surface area contributed by atoms with E-state index >= 15 is 0 Å². The number of nitrogens with one attached hydrogen (secondary N) is 1. The van der Waals surface area contributed by atoms with Gasteiger partial charge in [-0.3, -0.25) is 14.5 Å². The zero-order valence-electron chi connectivity index (χ0n) is 26.6. The molecule has 6 nitrogen and oxygen atoms in total. The number of piperidine rings is 1. The van der Waals surface area contributed by atoms with Gasteiger partial charge in [0, 0.05) is 43.0 Å². The van der Waals surface area contributed by atoms with E-state index in [0.717, 1.165) is 50.9 Å². The van der Waals surface area contributed by atoms with E-state index < -0.39 is 35.5 Å². The molecule has 2 aromatic carbocycles. The van der Waals surface area contributed by atoms with Crippen LogP contribution in [0.15, 0.2) is 72.5 Å². The number of phenols is 1. The number of amides is 1. The van der Waals surface area contributed by atoms with Gasteiger partial charge < -0.3 is 15.3 Å². The molecule has 1 amide bonds. The fourth-order valence-electron chi connectivity index (χ4n) is 6.74. The molecule has 47 heavy (non-hydrogen) atoms. The summed E-state index contributed by atoms with van der Waals surface area (Å²) in [6.45, 7) is 3.25. The van der Waals surface area contributed by atoms with Crippen molar-refractivity contribution in [2.45, 2.75) is 51.6 Å². The summed E-state index contributed by atoms with van der Waals surface area (Å²) < 4.78 is 53.8. The highest BCUT2D eigenvalue weighted by atomic mass is 19.4. The first-order chi connectivity index (χ1) is 22.5. The second-order valence-electron chi connectivity index (χ2n) is 12.9. The summed E-state index contributed by atoms with van der Waals surface area (Å²) in [5.41, 5.74) is 5.25. The number of hydrogen-bond acceptors (Lipinski definition) is 5. The van der Waals surface area contributed by atoms with Crippen LogP contribution in [-0.4, -0.2) is 61.1 Å². The molecule has 2 fully saturated rings. The average molecular weight is 652 g/mol. The normalized spacial score (nSPS) is 20.9. The fourth-order valence-corrected chi connectivity index (χ4v) is 6.74. The van der Waals surface area contributed by atoms with Crippen LogP contribution in [0.2, 0.25) is 0 Å². The van der Waals surface area contributed by atoms with E-state index in [9.17, 15) is 32.3 Å². The molecule has 0 spiro atoms. The average Bonchev–Trinajstić information content (AvgIpc) is 3.51. The highest BCUT2D eigenvalue weighted by Gasteiger charge is 2.45. The first kappa shape index (κ1) is 34.2. The van der Waals surface area contributed by atoms with Crippen molar-refractivity contribution in [2.75, 3.05) is 49.6 Å². The third kappa shape index (κ3) is 8.42. The maximum Gasteiger partial charge on any atom is 0.420 e. The van der Waals surface area contributed by atoms with Gasteiger partial charge >= 0.3 is 6.18 Å². The van der Waals surface area contributed by atoms with Gasteiger partial charge in [0.1, 0.15) is 18.2 Å². The maximum absolute atomic E-state index is 14.3. The molecule has 0 saturated carbocycles. The third-order valence-electron chi connectivity index (χ3n) is 9.42. The number of halogens is 4. The minimum Gasteiger partial charge on any atom is -0.507 e. The SMILES string of the molecule is Cc1cc(C2=C=CC=CC=CCC2)ccc1N1CCC(CC(=O)CN2CCC(CF)(C(=O)Nc3ccc(O)c(C(F)(F)F)c3)C2)CC1. The van der Waals surface area contributed by atoms with Crippen molar-refractivity contribution in [3.8, 4) is 5.75 Å². The Labute approximate surface area is 273 Å². The highest BCUT2D eigenvalue weighted by molar-refractivity contribution is 5.96. The summed E-state index contributed by atoms with van der Waals surface area (Å²) in [5, 5.41) is 11.9. The van der Waals surface area contributed by atoms with E-state index in [4.69, 9.17) is 0 Å². The molecule has 2 aliphatic heterocycles. The number of nitrogens with zero attached hydrogens (tertiary/aromatic N) is 2. The number of allylic oxidation sites excluding steroid dienone is 5. The van der Waals surface area contributed by atoms with Crippen molar-refractivity contribution in [3.05, 3.63) is 89.2 Å². The predicted octanol–water partition coefficient (Wildman–Crippen LogP) is 7.64. The van der Waals surface area contributed by atoms with Crippen molar-refractivity contribution in [3.63, 3.8) is 0 Å². The van der Waals surface area contributed by atoms with Gasteiger partial charge in [-0.05, 0) is 99.0 Å². The Morgan fingerprint density at radius 2 is 1.85 bits per heavy atom. The van der Waals surface area contributed by atoms with Gasteiger partial charge in [0.25, 0.3) is 0 Å². The molecule has 0 radical (unpaired) electrons. The summed E-state index contributed by atoms with van der Waals surface area (Å²) in [7, 11) is 0. The lowest BCUT2D eigenvalue weighted by molar-refractivity contribution is -0.138. The fraction of sp³-hybridized carbons (Fsp3) is 0.432. The van der Waals surface area contributed by atoms with E-state index in [-0.39, 0.29) is 36.9 Å². The summed E-state index contributed by atoms with van der Waals surface area (Å²) in [6, 6.07) is 9.18. The molecule has 5 rings (SSSR count). The van der Waals surface area contributed by atoms with Crippen LogP contribution >= 0.6 is 0 Å². The highest BCUT2D eigenvalue weighted by Crippen LogP contribution is 2.38. The Morgan fingerprint density at radius 3 is 2.57 bits per heavy atom. The maximum atomic E-state index is 14.3. The number of carbonyl (C=O) groups is 2. The minimum atomic E-state index is -4.81. The topological polar surface area (TPSA) is 72.9 Å². The van der Waals surface area contributed by atoms with E-state index in [2.05, 4.69) is 53.2 Å². The summed E-state index contributed by atoms with van der Waals surface area (Å²) in [6.07, 6.45) is 9.57. The van der Waals surface area contributed by atoms with Crippen LogP contribution < -0.4 is 10.2 Å². The van der Waals surface area contributed by atoms with Gasteiger partial charge in [-0.15, -0.1) is 5.73 Å². The van der Waals surface area contributed by atoms with E-state index in [0.29, 0.717) is 19.0 Å². The molecule has 2 saturated heterocycles. The van der Waals surface area contributed by atoms with Crippen molar-refractivity contribution in [1.82, 2.24) is 4.90 Å². The summed E-state index contributed by atoms with van der Waals surface area (Å²) in [5.74, 6) is -1.43.